The summed E-state index contributed by atoms with van der Waals surface area (Å²) in [6.45, 7) is 9.83. The summed E-state index contributed by atoms with van der Waals surface area (Å²) in [4.78, 5) is 6.13. The van der Waals surface area contributed by atoms with Crippen molar-refractivity contribution in [3.05, 3.63) is 83.4 Å². The monoisotopic (exact) mass is 370 g/mol. The van der Waals surface area contributed by atoms with Crippen LogP contribution in [0.15, 0.2) is 71.3 Å². The van der Waals surface area contributed by atoms with Gasteiger partial charge in [0.15, 0.2) is 5.84 Å². The van der Waals surface area contributed by atoms with Crippen molar-refractivity contribution in [1.82, 2.24) is 14.7 Å². The minimum Gasteiger partial charge on any atom is -0.494 e. The molecule has 1 unspecified atom stereocenters. The van der Waals surface area contributed by atoms with Crippen LogP contribution in [0, 0.1) is 5.82 Å². The predicted octanol–water partition coefficient (Wildman–Crippen LogP) is 3.18. The van der Waals surface area contributed by atoms with E-state index in [1.54, 1.807) is 35.8 Å². The molecular formula is C19H20FN4OP. The summed E-state index contributed by atoms with van der Waals surface area (Å²) >= 11 is 0. The molecule has 3 rings (SSSR count). The minimum atomic E-state index is -0.339. The van der Waals surface area contributed by atoms with Gasteiger partial charge in [-0.1, -0.05) is 13.2 Å². The summed E-state index contributed by atoms with van der Waals surface area (Å²) in [5, 5.41) is 16.0. The van der Waals surface area contributed by atoms with Crippen molar-refractivity contribution in [2.45, 2.75) is 13.5 Å². The molecule has 26 heavy (non-hydrogen) atoms. The van der Waals surface area contributed by atoms with Crippen molar-refractivity contribution in [3.63, 3.8) is 0 Å². The highest BCUT2D eigenvalue weighted by molar-refractivity contribution is 7.27. The Morgan fingerprint density at radius 1 is 1.35 bits per heavy atom. The Labute approximate surface area is 154 Å². The van der Waals surface area contributed by atoms with Gasteiger partial charge < -0.3 is 5.11 Å². The molecule has 1 aromatic carbocycles. The second-order valence-corrected chi connectivity index (χ2v) is 6.88. The average molecular weight is 370 g/mol. The Bertz CT molecular complexity index is 953. The maximum atomic E-state index is 13.8. The molecule has 134 valence electrons. The number of amidine groups is 1. The Morgan fingerprint density at radius 2 is 2.08 bits per heavy atom. The molecule has 0 fully saturated rings. The zero-order chi connectivity index (χ0) is 19.0. The van der Waals surface area contributed by atoms with Gasteiger partial charge in [0.05, 0.1) is 17.8 Å². The van der Waals surface area contributed by atoms with Crippen LogP contribution in [-0.4, -0.2) is 25.6 Å². The van der Waals surface area contributed by atoms with E-state index in [9.17, 15) is 9.50 Å². The lowest BCUT2D eigenvalue weighted by Gasteiger charge is -2.30. The SMILES string of the molecule is C=C(C)C1=C(O)N(Cc2cc(F)cc(P)c2)C(c2ccn(C)n2)=NC1=C. The minimum absolute atomic E-state index is 0.0206. The highest BCUT2D eigenvalue weighted by Gasteiger charge is 2.29. The normalized spacial score (nSPS) is 14.7. The van der Waals surface area contributed by atoms with Crippen LogP contribution in [0.1, 0.15) is 18.2 Å². The number of aliphatic imine (C=N–C) groups is 1. The molecule has 0 amide bonds. The van der Waals surface area contributed by atoms with Gasteiger partial charge in [-0.05, 0) is 47.6 Å². The molecule has 1 aliphatic rings. The smallest absolute Gasteiger partial charge is 0.202 e. The Morgan fingerprint density at radius 3 is 2.65 bits per heavy atom. The third-order valence-electron chi connectivity index (χ3n) is 3.95. The van der Waals surface area contributed by atoms with E-state index in [0.717, 1.165) is 5.30 Å². The van der Waals surface area contributed by atoms with E-state index in [2.05, 4.69) is 32.5 Å². The summed E-state index contributed by atoms with van der Waals surface area (Å²) in [5.74, 6) is 0.0919. The largest absolute Gasteiger partial charge is 0.494 e. The third-order valence-corrected chi connectivity index (χ3v) is 4.29. The van der Waals surface area contributed by atoms with Gasteiger partial charge in [0.2, 0.25) is 5.88 Å². The number of benzene rings is 1. The molecule has 7 heteroatoms. The van der Waals surface area contributed by atoms with E-state index in [1.165, 1.54) is 12.1 Å². The second-order valence-electron chi connectivity index (χ2n) is 6.21. The van der Waals surface area contributed by atoms with Gasteiger partial charge in [-0.25, -0.2) is 9.38 Å². The van der Waals surface area contributed by atoms with Gasteiger partial charge in [-0.2, -0.15) is 5.10 Å². The molecule has 0 radical (unpaired) electrons. The van der Waals surface area contributed by atoms with Crippen LogP contribution in [0.3, 0.4) is 0 Å². The van der Waals surface area contributed by atoms with Crippen LogP contribution in [0.25, 0.3) is 0 Å². The molecular weight excluding hydrogens is 350 g/mol. The third kappa shape index (κ3) is 3.46. The van der Waals surface area contributed by atoms with Crippen LogP contribution in [-0.2, 0) is 13.6 Å². The van der Waals surface area contributed by atoms with Crippen molar-refractivity contribution >= 4 is 20.4 Å². The quantitative estimate of drug-likeness (QED) is 0.841. The molecule has 0 aliphatic carbocycles. The number of aromatic nitrogens is 2. The molecule has 0 saturated carbocycles. The van der Waals surface area contributed by atoms with Crippen molar-refractivity contribution in [2.24, 2.45) is 12.0 Å². The molecule has 0 bridgehead atoms. The highest BCUT2D eigenvalue weighted by Crippen LogP contribution is 2.30. The zero-order valence-corrected chi connectivity index (χ0v) is 15.9. The number of aliphatic hydroxyl groups excluding tert-OH is 1. The molecule has 5 nitrogen and oxygen atoms in total. The molecule has 2 heterocycles. The first-order valence-electron chi connectivity index (χ1n) is 7.96. The summed E-state index contributed by atoms with van der Waals surface area (Å²) in [6, 6.07) is 6.49. The topological polar surface area (TPSA) is 53.6 Å². The van der Waals surface area contributed by atoms with Gasteiger partial charge in [-0.3, -0.25) is 9.58 Å². The van der Waals surface area contributed by atoms with Crippen molar-refractivity contribution < 1.29 is 9.50 Å². The van der Waals surface area contributed by atoms with Gasteiger partial charge >= 0.3 is 0 Å². The predicted molar refractivity (Wildman–Crippen MR) is 105 cm³/mol. The average Bonchev–Trinajstić information content (AvgIpc) is 2.95. The number of aliphatic hydroxyl groups is 1. The van der Waals surface area contributed by atoms with Crippen LogP contribution in [0.2, 0.25) is 0 Å². The van der Waals surface area contributed by atoms with Gasteiger partial charge in [-0.15, -0.1) is 9.24 Å². The van der Waals surface area contributed by atoms with Crippen molar-refractivity contribution in [3.8, 4) is 0 Å². The number of aryl methyl sites for hydroxylation is 1. The highest BCUT2D eigenvalue weighted by atomic mass is 31.0. The molecule has 0 spiro atoms. The number of rotatable bonds is 4. The lowest BCUT2D eigenvalue weighted by atomic mass is 10.0. The standard InChI is InChI=1S/C19H20FN4OP/c1-11(2)17-12(3)21-18(16-5-6-23(4)22-16)24(19(17)25)10-13-7-14(20)9-15(26)8-13/h5-9,25H,1,3,10,26H2,2,4H3. The Hall–Kier alpha value is -2.72. The van der Waals surface area contributed by atoms with Crippen molar-refractivity contribution in [1.29, 1.82) is 0 Å². The van der Waals surface area contributed by atoms with Crippen molar-refractivity contribution in [2.75, 3.05) is 0 Å². The first kappa shape index (κ1) is 18.1. The van der Waals surface area contributed by atoms with E-state index in [1.807, 2.05) is 6.07 Å². The number of nitrogens with zero attached hydrogens (tertiary/aromatic N) is 4. The molecule has 1 aliphatic heterocycles. The first-order valence-corrected chi connectivity index (χ1v) is 8.53. The van der Waals surface area contributed by atoms with E-state index in [4.69, 9.17) is 0 Å². The molecule has 1 atom stereocenters. The van der Waals surface area contributed by atoms with Crippen LogP contribution in [0.5, 0.6) is 0 Å². The van der Waals surface area contributed by atoms with Crippen LogP contribution < -0.4 is 5.30 Å². The summed E-state index contributed by atoms with van der Waals surface area (Å²) in [7, 11) is 4.28. The fraction of sp³-hybridized carbons (Fsp3) is 0.158. The lowest BCUT2D eigenvalue weighted by molar-refractivity contribution is 0.262. The van der Waals surface area contributed by atoms with E-state index in [0.29, 0.717) is 33.9 Å². The summed E-state index contributed by atoms with van der Waals surface area (Å²) in [5.41, 5.74) is 2.82. The summed E-state index contributed by atoms with van der Waals surface area (Å²) < 4.78 is 15.4. The molecule has 0 saturated heterocycles. The zero-order valence-electron chi connectivity index (χ0n) is 14.7. The lowest BCUT2D eigenvalue weighted by Crippen LogP contribution is -2.35. The van der Waals surface area contributed by atoms with Gasteiger partial charge in [0.25, 0.3) is 0 Å². The van der Waals surface area contributed by atoms with E-state index >= 15 is 0 Å². The van der Waals surface area contributed by atoms with Gasteiger partial charge in [0, 0.05) is 13.2 Å². The van der Waals surface area contributed by atoms with E-state index in [-0.39, 0.29) is 18.2 Å². The van der Waals surface area contributed by atoms with Crippen LogP contribution >= 0.6 is 9.24 Å². The fourth-order valence-electron chi connectivity index (χ4n) is 2.87. The number of allylic oxidation sites excluding steroid dienone is 1. The number of hydrogen-bond donors (Lipinski definition) is 1. The maximum absolute atomic E-state index is 13.8. The Balaban J connectivity index is 2.09. The number of halogens is 1. The van der Waals surface area contributed by atoms with Gasteiger partial charge in [0.1, 0.15) is 11.5 Å². The van der Waals surface area contributed by atoms with E-state index < -0.39 is 0 Å². The van der Waals surface area contributed by atoms with Crippen LogP contribution in [0.4, 0.5) is 4.39 Å². The Kier molecular flexibility index (Phi) is 4.79. The maximum Gasteiger partial charge on any atom is 0.202 e. The molecule has 1 aromatic heterocycles. The second kappa shape index (κ2) is 6.89. The number of hydrogen-bond acceptors (Lipinski definition) is 4. The molecule has 1 N–H and O–H groups in total. The first-order chi connectivity index (χ1) is 12.3. The fourth-order valence-corrected chi connectivity index (χ4v) is 3.25. The molecule has 2 aromatic rings. The summed E-state index contributed by atoms with van der Waals surface area (Å²) in [6.07, 6.45) is 1.79.